The Morgan fingerprint density at radius 3 is 2.82 bits per heavy atom. The van der Waals surface area contributed by atoms with E-state index in [9.17, 15) is 13.2 Å². The van der Waals surface area contributed by atoms with Gasteiger partial charge in [-0.2, -0.15) is 0 Å². The number of rotatable bonds is 8. The van der Waals surface area contributed by atoms with Crippen LogP contribution in [0.15, 0.2) is 29.2 Å². The topological polar surface area (TPSA) is 88.2 Å². The molecule has 2 aromatic rings. The number of hydrogen-bond acceptors (Lipinski definition) is 5. The summed E-state index contributed by atoms with van der Waals surface area (Å²) in [5.74, 6) is 0.193. The van der Waals surface area contributed by atoms with E-state index < -0.39 is 10.0 Å². The molecular weight excluding hydrogens is 394 g/mol. The first-order valence-electron chi connectivity index (χ1n) is 9.87. The molecule has 0 unspecified atom stereocenters. The monoisotopic (exact) mass is 419 g/mol. The van der Waals surface area contributed by atoms with Crippen molar-refractivity contribution in [1.29, 1.82) is 0 Å². The molecule has 0 aliphatic heterocycles. The van der Waals surface area contributed by atoms with E-state index >= 15 is 0 Å². The lowest BCUT2D eigenvalue weighted by atomic mass is 10.0. The highest BCUT2D eigenvalue weighted by atomic mass is 32.2. The second-order valence-electron chi connectivity index (χ2n) is 7.51. The highest BCUT2D eigenvalue weighted by molar-refractivity contribution is 7.89. The number of amides is 1. The Morgan fingerprint density at radius 1 is 1.21 bits per heavy atom. The Labute approximate surface area is 169 Å². The molecule has 4 rings (SSSR count). The average Bonchev–Trinajstić information content (AvgIpc) is 3.44. The van der Waals surface area contributed by atoms with Crippen LogP contribution in [0.5, 0.6) is 0 Å². The highest BCUT2D eigenvalue weighted by Gasteiger charge is 2.24. The van der Waals surface area contributed by atoms with Crippen LogP contribution in [0, 0.1) is 5.92 Å². The van der Waals surface area contributed by atoms with Gasteiger partial charge in [-0.05, 0) is 62.6 Å². The lowest BCUT2D eigenvalue weighted by Gasteiger charge is -2.08. The van der Waals surface area contributed by atoms with Crippen molar-refractivity contribution in [2.75, 3.05) is 13.1 Å². The van der Waals surface area contributed by atoms with Crippen molar-refractivity contribution >= 4 is 27.3 Å². The third-order valence-electron chi connectivity index (χ3n) is 5.18. The zero-order valence-corrected chi connectivity index (χ0v) is 17.4. The van der Waals surface area contributed by atoms with Crippen LogP contribution in [0.1, 0.15) is 51.6 Å². The molecule has 6 nitrogen and oxygen atoms in total. The summed E-state index contributed by atoms with van der Waals surface area (Å²) in [5.41, 5.74) is 1.59. The molecular formula is C20H25N3O3S2. The summed E-state index contributed by atoms with van der Waals surface area (Å²) in [5, 5.41) is 3.94. The standard InChI is InChI=1S/C20H25N3O3S2/c24-20(21-11-10-19-23-17-6-1-2-7-18(17)27-19)15-4-3-5-16(12-15)28(25,26)22-13-14-8-9-14/h3-5,12,14,22H,1-2,6-11,13H2,(H,21,24). The summed E-state index contributed by atoms with van der Waals surface area (Å²) in [6.45, 7) is 0.957. The van der Waals surface area contributed by atoms with Gasteiger partial charge in [-0.25, -0.2) is 18.1 Å². The highest BCUT2D eigenvalue weighted by Crippen LogP contribution is 2.28. The van der Waals surface area contributed by atoms with Crippen LogP contribution in [-0.4, -0.2) is 32.4 Å². The average molecular weight is 420 g/mol. The lowest BCUT2D eigenvalue weighted by molar-refractivity contribution is 0.0954. The van der Waals surface area contributed by atoms with Crippen LogP contribution in [-0.2, 0) is 29.3 Å². The van der Waals surface area contributed by atoms with Gasteiger partial charge in [-0.1, -0.05) is 6.07 Å². The molecule has 0 spiro atoms. The SMILES string of the molecule is O=C(NCCc1nc2c(s1)CCCC2)c1cccc(S(=O)(=O)NCC2CC2)c1. The molecule has 0 radical (unpaired) electrons. The third kappa shape index (κ3) is 4.79. The summed E-state index contributed by atoms with van der Waals surface area (Å²) in [4.78, 5) is 18.7. The predicted molar refractivity (Wildman–Crippen MR) is 109 cm³/mol. The Bertz CT molecular complexity index is 941. The number of thiazole rings is 1. The number of aryl methyl sites for hydroxylation is 2. The van der Waals surface area contributed by atoms with Gasteiger partial charge in [0.2, 0.25) is 10.0 Å². The first-order valence-corrected chi connectivity index (χ1v) is 12.2. The van der Waals surface area contributed by atoms with Crippen LogP contribution < -0.4 is 10.0 Å². The van der Waals surface area contributed by atoms with Crippen LogP contribution in [0.25, 0.3) is 0 Å². The van der Waals surface area contributed by atoms with E-state index in [1.807, 2.05) is 0 Å². The Kier molecular flexibility index (Phi) is 5.80. The molecule has 8 heteroatoms. The van der Waals surface area contributed by atoms with Gasteiger partial charge >= 0.3 is 0 Å². The second-order valence-corrected chi connectivity index (χ2v) is 10.4. The molecule has 28 heavy (non-hydrogen) atoms. The summed E-state index contributed by atoms with van der Waals surface area (Å²) < 4.78 is 27.4. The normalized spacial score (nSPS) is 16.6. The van der Waals surface area contributed by atoms with Gasteiger partial charge in [-0.3, -0.25) is 4.79 Å². The van der Waals surface area contributed by atoms with Gasteiger partial charge in [-0.15, -0.1) is 11.3 Å². The number of fused-ring (bicyclic) bond motifs is 1. The summed E-state index contributed by atoms with van der Waals surface area (Å²) in [6.07, 6.45) is 7.48. The predicted octanol–water partition coefficient (Wildman–Crippen LogP) is 2.68. The third-order valence-corrected chi connectivity index (χ3v) is 7.82. The Balaban J connectivity index is 1.33. The van der Waals surface area contributed by atoms with Gasteiger partial charge in [0.25, 0.3) is 5.91 Å². The first-order chi connectivity index (χ1) is 13.5. The molecule has 0 saturated heterocycles. The van der Waals surface area contributed by atoms with Crippen molar-refractivity contribution in [3.05, 3.63) is 45.4 Å². The molecule has 0 atom stereocenters. The van der Waals surface area contributed by atoms with E-state index in [0.717, 1.165) is 30.7 Å². The lowest BCUT2D eigenvalue weighted by Crippen LogP contribution is -2.28. The van der Waals surface area contributed by atoms with Gasteiger partial charge in [0, 0.05) is 30.0 Å². The fraction of sp³-hybridized carbons (Fsp3) is 0.500. The Hall–Kier alpha value is -1.77. The molecule has 2 N–H and O–H groups in total. The maximum absolute atomic E-state index is 12.4. The number of aromatic nitrogens is 1. The van der Waals surface area contributed by atoms with Crippen molar-refractivity contribution < 1.29 is 13.2 Å². The molecule has 1 aromatic heterocycles. The quantitative estimate of drug-likeness (QED) is 0.689. The van der Waals surface area contributed by atoms with Gasteiger partial charge in [0.15, 0.2) is 0 Å². The fourth-order valence-corrected chi connectivity index (χ4v) is 5.65. The van der Waals surface area contributed by atoms with E-state index in [2.05, 4.69) is 15.0 Å². The van der Waals surface area contributed by atoms with Gasteiger partial charge in [0.05, 0.1) is 15.6 Å². The van der Waals surface area contributed by atoms with Gasteiger partial charge < -0.3 is 5.32 Å². The fourth-order valence-electron chi connectivity index (χ4n) is 3.33. The van der Waals surface area contributed by atoms with Crippen molar-refractivity contribution in [3.8, 4) is 0 Å². The van der Waals surface area contributed by atoms with E-state index in [1.165, 1.54) is 35.5 Å². The number of carbonyl (C=O) groups is 1. The minimum atomic E-state index is -3.58. The van der Waals surface area contributed by atoms with Crippen LogP contribution in [0.4, 0.5) is 0 Å². The number of sulfonamides is 1. The van der Waals surface area contributed by atoms with Crippen molar-refractivity contribution in [2.24, 2.45) is 5.92 Å². The zero-order valence-electron chi connectivity index (χ0n) is 15.7. The van der Waals surface area contributed by atoms with E-state index in [0.29, 0.717) is 31.0 Å². The molecule has 1 saturated carbocycles. The van der Waals surface area contributed by atoms with Gasteiger partial charge in [0.1, 0.15) is 0 Å². The molecule has 1 fully saturated rings. The zero-order chi connectivity index (χ0) is 19.6. The molecule has 1 heterocycles. The number of hydrogen-bond donors (Lipinski definition) is 2. The molecule has 150 valence electrons. The molecule has 2 aliphatic rings. The van der Waals surface area contributed by atoms with E-state index in [4.69, 9.17) is 0 Å². The number of carbonyl (C=O) groups excluding carboxylic acids is 1. The maximum atomic E-state index is 12.4. The minimum absolute atomic E-state index is 0.133. The molecule has 1 aromatic carbocycles. The minimum Gasteiger partial charge on any atom is -0.352 e. The van der Waals surface area contributed by atoms with E-state index in [-0.39, 0.29) is 10.8 Å². The first kappa shape index (κ1) is 19.5. The summed E-state index contributed by atoms with van der Waals surface area (Å²) in [7, 11) is -3.58. The largest absolute Gasteiger partial charge is 0.352 e. The van der Waals surface area contributed by atoms with Crippen LogP contribution >= 0.6 is 11.3 Å². The smallest absolute Gasteiger partial charge is 0.251 e. The van der Waals surface area contributed by atoms with Crippen molar-refractivity contribution in [1.82, 2.24) is 15.0 Å². The number of nitrogens with one attached hydrogen (secondary N) is 2. The molecule has 1 amide bonds. The number of benzene rings is 1. The van der Waals surface area contributed by atoms with Crippen molar-refractivity contribution in [2.45, 2.75) is 49.8 Å². The van der Waals surface area contributed by atoms with E-state index in [1.54, 1.807) is 23.5 Å². The maximum Gasteiger partial charge on any atom is 0.251 e. The Morgan fingerprint density at radius 2 is 2.04 bits per heavy atom. The van der Waals surface area contributed by atoms with Crippen LogP contribution in [0.3, 0.4) is 0 Å². The molecule has 2 aliphatic carbocycles. The van der Waals surface area contributed by atoms with Crippen LogP contribution in [0.2, 0.25) is 0 Å². The summed E-state index contributed by atoms with van der Waals surface area (Å²) in [6, 6.07) is 6.20. The summed E-state index contributed by atoms with van der Waals surface area (Å²) >= 11 is 1.75. The number of nitrogens with zero attached hydrogens (tertiary/aromatic N) is 1. The second kappa shape index (κ2) is 8.31. The van der Waals surface area contributed by atoms with Crippen molar-refractivity contribution in [3.63, 3.8) is 0 Å². The molecule has 0 bridgehead atoms.